The van der Waals surface area contributed by atoms with E-state index >= 15 is 0 Å². The molecule has 0 unspecified atom stereocenters. The molecule has 1 saturated heterocycles. The van der Waals surface area contributed by atoms with E-state index in [1.54, 1.807) is 23.2 Å². The van der Waals surface area contributed by atoms with Crippen LogP contribution in [0.25, 0.3) is 0 Å². The van der Waals surface area contributed by atoms with Crippen molar-refractivity contribution in [3.05, 3.63) is 22.4 Å². The molecular weight excluding hydrogens is 288 g/mol. The Kier molecular flexibility index (Phi) is 6.02. The fourth-order valence-electron chi connectivity index (χ4n) is 2.61. The molecular formula is C15H24N2O3S. The fraction of sp³-hybridized carbons (Fsp3) is 0.667. The molecule has 0 bridgehead atoms. The second-order valence-corrected chi connectivity index (χ2v) is 6.41. The number of rotatable bonds is 5. The van der Waals surface area contributed by atoms with E-state index in [-0.39, 0.29) is 18.1 Å². The molecule has 2 N–H and O–H groups in total. The lowest BCUT2D eigenvalue weighted by atomic mass is 10.1. The Hall–Kier alpha value is -1.11. The summed E-state index contributed by atoms with van der Waals surface area (Å²) in [5, 5.41) is 14.7. The Balaban J connectivity index is 1.99. The Bertz CT molecular complexity index is 436. The van der Waals surface area contributed by atoms with Crippen molar-refractivity contribution in [1.29, 1.82) is 0 Å². The first-order chi connectivity index (χ1) is 10.1. The minimum atomic E-state index is -0.439. The number of aliphatic hydroxyl groups is 1. The van der Waals surface area contributed by atoms with Crippen LogP contribution in [0.2, 0.25) is 0 Å². The topological polar surface area (TPSA) is 61.8 Å². The molecule has 2 amide bonds. The van der Waals surface area contributed by atoms with Crippen LogP contribution in [0.1, 0.15) is 37.6 Å². The van der Waals surface area contributed by atoms with Gasteiger partial charge in [0.05, 0.1) is 31.4 Å². The molecule has 2 rings (SSSR count). The Morgan fingerprint density at radius 3 is 3.10 bits per heavy atom. The number of hydrogen-bond acceptors (Lipinski definition) is 4. The number of morpholine rings is 1. The van der Waals surface area contributed by atoms with Gasteiger partial charge in [0.25, 0.3) is 0 Å². The van der Waals surface area contributed by atoms with E-state index in [0.29, 0.717) is 26.2 Å². The van der Waals surface area contributed by atoms with Crippen molar-refractivity contribution in [1.82, 2.24) is 10.2 Å². The summed E-state index contributed by atoms with van der Waals surface area (Å²) in [5.41, 5.74) is 0. The largest absolute Gasteiger partial charge is 0.393 e. The summed E-state index contributed by atoms with van der Waals surface area (Å²) < 4.78 is 5.44. The van der Waals surface area contributed by atoms with Gasteiger partial charge in [-0.25, -0.2) is 4.79 Å². The number of carbonyl (C=O) groups is 1. The lowest BCUT2D eigenvalue weighted by molar-refractivity contribution is -0.00484. The maximum atomic E-state index is 12.5. The van der Waals surface area contributed by atoms with Gasteiger partial charge in [0.1, 0.15) is 0 Å². The molecule has 0 aromatic carbocycles. The predicted molar refractivity (Wildman–Crippen MR) is 83.5 cm³/mol. The van der Waals surface area contributed by atoms with Crippen molar-refractivity contribution >= 4 is 17.4 Å². The molecule has 5 nitrogen and oxygen atoms in total. The van der Waals surface area contributed by atoms with Crippen LogP contribution in [0.15, 0.2) is 17.5 Å². The number of ether oxygens (including phenoxy) is 1. The van der Waals surface area contributed by atoms with Crippen LogP contribution < -0.4 is 5.32 Å². The van der Waals surface area contributed by atoms with Crippen LogP contribution in [0, 0.1) is 0 Å². The molecule has 0 spiro atoms. The van der Waals surface area contributed by atoms with Crippen LogP contribution in [-0.2, 0) is 4.74 Å². The third kappa shape index (κ3) is 4.43. The van der Waals surface area contributed by atoms with Crippen molar-refractivity contribution in [2.24, 2.45) is 0 Å². The normalized spacial score (nSPS) is 21.9. The monoisotopic (exact) mass is 312 g/mol. The van der Waals surface area contributed by atoms with Crippen molar-refractivity contribution in [2.75, 3.05) is 19.8 Å². The highest BCUT2D eigenvalue weighted by Gasteiger charge is 2.29. The van der Waals surface area contributed by atoms with E-state index in [1.807, 2.05) is 17.5 Å². The number of amides is 2. The van der Waals surface area contributed by atoms with E-state index in [1.165, 1.54) is 4.88 Å². The van der Waals surface area contributed by atoms with Crippen LogP contribution in [0.3, 0.4) is 0 Å². The number of nitrogens with one attached hydrogen (secondary N) is 1. The van der Waals surface area contributed by atoms with Gasteiger partial charge in [-0.05, 0) is 31.2 Å². The summed E-state index contributed by atoms with van der Waals surface area (Å²) in [7, 11) is 0. The van der Waals surface area contributed by atoms with E-state index in [4.69, 9.17) is 4.74 Å². The molecule has 0 radical (unpaired) electrons. The van der Waals surface area contributed by atoms with E-state index in [2.05, 4.69) is 12.2 Å². The van der Waals surface area contributed by atoms with Gasteiger partial charge in [0, 0.05) is 11.4 Å². The summed E-state index contributed by atoms with van der Waals surface area (Å²) in [6.07, 6.45) is 0.965. The van der Waals surface area contributed by atoms with Crippen molar-refractivity contribution in [3.8, 4) is 0 Å². The second-order valence-electron chi connectivity index (χ2n) is 5.43. The molecule has 118 valence electrons. The van der Waals surface area contributed by atoms with Crippen molar-refractivity contribution in [3.63, 3.8) is 0 Å². The zero-order valence-electron chi connectivity index (χ0n) is 12.6. The molecule has 1 aliphatic heterocycles. The maximum Gasteiger partial charge on any atom is 0.318 e. The number of urea groups is 1. The Morgan fingerprint density at radius 2 is 2.48 bits per heavy atom. The van der Waals surface area contributed by atoms with Crippen molar-refractivity contribution < 1.29 is 14.6 Å². The third-order valence-electron chi connectivity index (χ3n) is 3.69. The summed E-state index contributed by atoms with van der Waals surface area (Å²) in [6, 6.07) is 3.97. The number of hydrogen-bond donors (Lipinski definition) is 2. The quantitative estimate of drug-likeness (QED) is 0.877. The smallest absolute Gasteiger partial charge is 0.318 e. The first-order valence-electron chi connectivity index (χ1n) is 7.48. The first-order valence-corrected chi connectivity index (χ1v) is 8.36. The average molecular weight is 312 g/mol. The highest BCUT2D eigenvalue weighted by molar-refractivity contribution is 7.10. The Morgan fingerprint density at radius 1 is 1.67 bits per heavy atom. The van der Waals surface area contributed by atoms with Gasteiger partial charge in [-0.3, -0.25) is 0 Å². The summed E-state index contributed by atoms with van der Waals surface area (Å²) in [4.78, 5) is 15.5. The zero-order valence-corrected chi connectivity index (χ0v) is 13.4. The Labute approximate surface area is 129 Å². The second kappa shape index (κ2) is 7.77. The molecule has 1 aliphatic rings. The van der Waals surface area contributed by atoms with Gasteiger partial charge in [-0.1, -0.05) is 13.0 Å². The average Bonchev–Trinajstić information content (AvgIpc) is 2.98. The lowest BCUT2D eigenvalue weighted by Crippen LogP contribution is -2.53. The third-order valence-corrected chi connectivity index (χ3v) is 4.68. The lowest BCUT2D eigenvalue weighted by Gasteiger charge is -2.37. The van der Waals surface area contributed by atoms with E-state index < -0.39 is 6.10 Å². The zero-order chi connectivity index (χ0) is 15.2. The molecule has 21 heavy (non-hydrogen) atoms. The van der Waals surface area contributed by atoms with Crippen LogP contribution in [-0.4, -0.2) is 47.9 Å². The fourth-order valence-corrected chi connectivity index (χ4v) is 3.47. The molecule has 0 saturated carbocycles. The van der Waals surface area contributed by atoms with Crippen LogP contribution >= 0.6 is 11.3 Å². The number of nitrogens with zero attached hydrogens (tertiary/aromatic N) is 1. The number of carbonyl (C=O) groups excluding carboxylic acids is 1. The van der Waals surface area contributed by atoms with Gasteiger partial charge in [0.2, 0.25) is 0 Å². The molecule has 1 aromatic heterocycles. The van der Waals surface area contributed by atoms with Crippen LogP contribution in [0.5, 0.6) is 0 Å². The van der Waals surface area contributed by atoms with Gasteiger partial charge in [0.15, 0.2) is 0 Å². The minimum Gasteiger partial charge on any atom is -0.393 e. The standard InChI is InChI=1S/C15H24N2O3S/c1-3-13(14-5-4-8-21-14)16-15(19)17-6-7-20-10-12(17)9-11(2)18/h4-5,8,11-13,18H,3,6-7,9-10H2,1-2H3,(H,16,19)/t11-,12+,13+/m1/s1. The number of aliphatic hydroxyl groups excluding tert-OH is 1. The van der Waals surface area contributed by atoms with E-state index in [0.717, 1.165) is 6.42 Å². The molecule has 2 heterocycles. The molecule has 6 heteroatoms. The summed E-state index contributed by atoms with van der Waals surface area (Å²) >= 11 is 1.66. The maximum absolute atomic E-state index is 12.5. The van der Waals surface area contributed by atoms with Gasteiger partial charge in [-0.2, -0.15) is 0 Å². The molecule has 1 aromatic rings. The number of thiophene rings is 1. The van der Waals surface area contributed by atoms with Crippen LogP contribution in [0.4, 0.5) is 4.79 Å². The van der Waals surface area contributed by atoms with Gasteiger partial charge < -0.3 is 20.1 Å². The van der Waals surface area contributed by atoms with Gasteiger partial charge in [-0.15, -0.1) is 11.3 Å². The molecule has 1 fully saturated rings. The highest BCUT2D eigenvalue weighted by atomic mass is 32.1. The highest BCUT2D eigenvalue weighted by Crippen LogP contribution is 2.22. The van der Waals surface area contributed by atoms with E-state index in [9.17, 15) is 9.90 Å². The first kappa shape index (κ1) is 16.3. The van der Waals surface area contributed by atoms with Crippen molar-refractivity contribution in [2.45, 2.75) is 44.9 Å². The van der Waals surface area contributed by atoms with Gasteiger partial charge >= 0.3 is 6.03 Å². The molecule has 0 aliphatic carbocycles. The predicted octanol–water partition coefficient (Wildman–Crippen LogP) is 2.38. The summed E-state index contributed by atoms with van der Waals surface area (Å²) in [5.74, 6) is 0. The molecule has 3 atom stereocenters. The summed E-state index contributed by atoms with van der Waals surface area (Å²) in [6.45, 7) is 5.43. The minimum absolute atomic E-state index is 0.0487. The SMILES string of the molecule is CC[C@H](NC(=O)N1CCOC[C@@H]1C[C@@H](C)O)c1cccs1.